The second-order valence-electron chi connectivity index (χ2n) is 4.35. The summed E-state index contributed by atoms with van der Waals surface area (Å²) in [7, 11) is 2.84. The number of methoxy groups -OCH3 is 1. The first-order valence-electron chi connectivity index (χ1n) is 5.77. The summed E-state index contributed by atoms with van der Waals surface area (Å²) >= 11 is 5.74. The number of rotatable bonds is 6. The van der Waals surface area contributed by atoms with Crippen molar-refractivity contribution in [3.63, 3.8) is 0 Å². The zero-order valence-corrected chi connectivity index (χ0v) is 13.3. The van der Waals surface area contributed by atoms with Crippen molar-refractivity contribution >= 4 is 37.2 Å². The highest BCUT2D eigenvalue weighted by Crippen LogP contribution is 2.25. The van der Waals surface area contributed by atoms with Gasteiger partial charge in [0.2, 0.25) is 0 Å². The topological polar surface area (TPSA) is 72.5 Å². The smallest absolute Gasteiger partial charge is 0.262 e. The molecule has 0 aromatic heterocycles. The van der Waals surface area contributed by atoms with Gasteiger partial charge in [0.05, 0.1) is 11.6 Å². The number of nitrogens with one attached hydrogen (secondary N) is 1. The largest absolute Gasteiger partial charge is 0.384 e. The van der Waals surface area contributed by atoms with E-state index in [1.807, 2.05) is 6.92 Å². The Kier molecular flexibility index (Phi) is 6.26. The summed E-state index contributed by atoms with van der Waals surface area (Å²) in [6.45, 7) is 2.85. The minimum absolute atomic E-state index is 0.0238. The molecular formula is C12H15Cl2NO4S. The lowest BCUT2D eigenvalue weighted by molar-refractivity contribution is 0.0934. The van der Waals surface area contributed by atoms with Crippen molar-refractivity contribution in [1.82, 2.24) is 5.32 Å². The van der Waals surface area contributed by atoms with Crippen LogP contribution in [0, 0.1) is 5.92 Å². The van der Waals surface area contributed by atoms with Crippen LogP contribution in [0.4, 0.5) is 0 Å². The molecule has 1 amide bonds. The van der Waals surface area contributed by atoms with Gasteiger partial charge in [0.1, 0.15) is 4.90 Å². The molecule has 0 radical (unpaired) electrons. The zero-order chi connectivity index (χ0) is 15.3. The Morgan fingerprint density at radius 3 is 2.65 bits per heavy atom. The second-order valence-corrected chi connectivity index (χ2v) is 7.30. The Bertz CT molecular complexity index is 589. The molecule has 0 spiro atoms. The fourth-order valence-corrected chi connectivity index (χ4v) is 3.04. The molecule has 20 heavy (non-hydrogen) atoms. The van der Waals surface area contributed by atoms with E-state index in [1.54, 1.807) is 7.11 Å². The third kappa shape index (κ3) is 4.94. The molecule has 0 saturated heterocycles. The highest BCUT2D eigenvalue weighted by atomic mass is 35.7. The molecule has 0 aliphatic carbocycles. The molecule has 0 aliphatic rings. The zero-order valence-electron chi connectivity index (χ0n) is 11.0. The normalized spacial score (nSPS) is 13.0. The number of hydrogen-bond donors (Lipinski definition) is 1. The predicted octanol–water partition coefficient (Wildman–Crippen LogP) is 2.28. The van der Waals surface area contributed by atoms with Gasteiger partial charge in [0.15, 0.2) is 0 Å². The number of amides is 1. The van der Waals surface area contributed by atoms with Crippen LogP contribution in [0.1, 0.15) is 17.3 Å². The minimum Gasteiger partial charge on any atom is -0.384 e. The Morgan fingerprint density at radius 2 is 2.10 bits per heavy atom. The van der Waals surface area contributed by atoms with E-state index in [9.17, 15) is 13.2 Å². The highest BCUT2D eigenvalue weighted by Gasteiger charge is 2.18. The highest BCUT2D eigenvalue weighted by molar-refractivity contribution is 8.13. The molecule has 8 heteroatoms. The van der Waals surface area contributed by atoms with Crippen molar-refractivity contribution in [3.8, 4) is 0 Å². The predicted molar refractivity (Wildman–Crippen MR) is 77.9 cm³/mol. The van der Waals surface area contributed by atoms with Gasteiger partial charge in [-0.05, 0) is 24.1 Å². The molecule has 112 valence electrons. The van der Waals surface area contributed by atoms with Gasteiger partial charge in [-0.1, -0.05) is 18.5 Å². The van der Waals surface area contributed by atoms with Crippen molar-refractivity contribution < 1.29 is 17.9 Å². The fourth-order valence-electron chi connectivity index (χ4n) is 1.54. The van der Waals surface area contributed by atoms with Crippen LogP contribution in [0.2, 0.25) is 5.02 Å². The summed E-state index contributed by atoms with van der Waals surface area (Å²) in [6.07, 6.45) is 0. The van der Waals surface area contributed by atoms with Crippen LogP contribution in [0.3, 0.4) is 0 Å². The molecule has 0 saturated carbocycles. The lowest BCUT2D eigenvalue weighted by atomic mass is 10.1. The quantitative estimate of drug-likeness (QED) is 0.807. The monoisotopic (exact) mass is 339 g/mol. The van der Waals surface area contributed by atoms with E-state index in [2.05, 4.69) is 5.32 Å². The number of carbonyl (C=O) groups excluding carboxylic acids is 1. The van der Waals surface area contributed by atoms with E-state index in [-0.39, 0.29) is 21.4 Å². The summed E-state index contributed by atoms with van der Waals surface area (Å²) in [5.41, 5.74) is 0.179. The molecule has 0 bridgehead atoms. The lowest BCUT2D eigenvalue weighted by Gasteiger charge is -2.12. The maximum absolute atomic E-state index is 11.9. The summed E-state index contributed by atoms with van der Waals surface area (Å²) in [4.78, 5) is 11.6. The van der Waals surface area contributed by atoms with Crippen molar-refractivity contribution in [3.05, 3.63) is 28.8 Å². The number of hydrogen-bond acceptors (Lipinski definition) is 4. The van der Waals surface area contributed by atoms with E-state index < -0.39 is 15.0 Å². The maximum Gasteiger partial charge on any atom is 0.262 e. The van der Waals surface area contributed by atoms with Crippen molar-refractivity contribution in [1.29, 1.82) is 0 Å². The molecule has 1 atom stereocenters. The van der Waals surface area contributed by atoms with Crippen LogP contribution < -0.4 is 5.32 Å². The molecule has 0 aliphatic heterocycles. The summed E-state index contributed by atoms with van der Waals surface area (Å²) in [6, 6.07) is 3.91. The molecule has 1 rings (SSSR count). The number of ether oxygens (including phenoxy) is 1. The van der Waals surface area contributed by atoms with Crippen molar-refractivity contribution in [2.24, 2.45) is 5.92 Å². The average Bonchev–Trinajstić information content (AvgIpc) is 2.35. The molecule has 1 unspecified atom stereocenters. The number of carbonyl (C=O) groups is 1. The van der Waals surface area contributed by atoms with Crippen LogP contribution in [0.15, 0.2) is 23.1 Å². The van der Waals surface area contributed by atoms with E-state index in [0.717, 1.165) is 6.07 Å². The SMILES string of the molecule is COCC(C)CNC(=O)c1ccc(Cl)c(S(=O)(=O)Cl)c1. The van der Waals surface area contributed by atoms with E-state index in [0.29, 0.717) is 13.2 Å². The standard InChI is InChI=1S/C12H15Cl2NO4S/c1-8(7-19-2)6-15-12(16)9-3-4-10(13)11(5-9)20(14,17)18/h3-5,8H,6-7H2,1-2H3,(H,15,16). The van der Waals surface area contributed by atoms with Gasteiger partial charge in [-0.3, -0.25) is 4.79 Å². The Morgan fingerprint density at radius 1 is 1.45 bits per heavy atom. The first kappa shape index (κ1) is 17.2. The molecule has 0 fully saturated rings. The Balaban J connectivity index is 2.85. The maximum atomic E-state index is 11.9. The van der Waals surface area contributed by atoms with E-state index in [1.165, 1.54) is 12.1 Å². The summed E-state index contributed by atoms with van der Waals surface area (Å²) < 4.78 is 27.6. The summed E-state index contributed by atoms with van der Waals surface area (Å²) in [5, 5.41) is 2.66. The van der Waals surface area contributed by atoms with Crippen LogP contribution in [-0.4, -0.2) is 34.6 Å². The van der Waals surface area contributed by atoms with Crippen LogP contribution in [0.25, 0.3) is 0 Å². The fraction of sp³-hybridized carbons (Fsp3) is 0.417. The molecule has 1 aromatic carbocycles. The Hall–Kier alpha value is -0.820. The van der Waals surface area contributed by atoms with E-state index in [4.69, 9.17) is 27.0 Å². The van der Waals surface area contributed by atoms with Crippen LogP contribution >= 0.6 is 22.3 Å². The minimum atomic E-state index is -3.99. The molecule has 5 nitrogen and oxygen atoms in total. The molecule has 1 aromatic rings. The van der Waals surface area contributed by atoms with Gasteiger partial charge in [0, 0.05) is 29.9 Å². The first-order chi connectivity index (χ1) is 9.25. The van der Waals surface area contributed by atoms with Crippen LogP contribution in [0.5, 0.6) is 0 Å². The third-order valence-electron chi connectivity index (χ3n) is 2.52. The second kappa shape index (κ2) is 7.26. The number of halogens is 2. The van der Waals surface area contributed by atoms with Gasteiger partial charge in [0.25, 0.3) is 15.0 Å². The van der Waals surface area contributed by atoms with Gasteiger partial charge < -0.3 is 10.1 Å². The third-order valence-corrected chi connectivity index (χ3v) is 4.32. The number of benzene rings is 1. The molecule has 1 N–H and O–H groups in total. The van der Waals surface area contributed by atoms with Gasteiger partial charge in [-0.2, -0.15) is 0 Å². The summed E-state index contributed by atoms with van der Waals surface area (Å²) in [5.74, 6) is -0.251. The van der Waals surface area contributed by atoms with Crippen molar-refractivity contribution in [2.75, 3.05) is 20.3 Å². The van der Waals surface area contributed by atoms with E-state index >= 15 is 0 Å². The van der Waals surface area contributed by atoms with Crippen molar-refractivity contribution in [2.45, 2.75) is 11.8 Å². The molecule has 0 heterocycles. The van der Waals surface area contributed by atoms with Gasteiger partial charge in [-0.15, -0.1) is 0 Å². The average molecular weight is 340 g/mol. The lowest BCUT2D eigenvalue weighted by Crippen LogP contribution is -2.29. The Labute approximate surface area is 127 Å². The van der Waals surface area contributed by atoms with Gasteiger partial charge >= 0.3 is 0 Å². The first-order valence-corrected chi connectivity index (χ1v) is 8.45. The van der Waals surface area contributed by atoms with Gasteiger partial charge in [-0.25, -0.2) is 8.42 Å². The molecular weight excluding hydrogens is 325 g/mol. The van der Waals surface area contributed by atoms with Crippen LogP contribution in [-0.2, 0) is 13.8 Å².